The van der Waals surface area contributed by atoms with Crippen LogP contribution in [0.5, 0.6) is 5.75 Å². The van der Waals surface area contributed by atoms with E-state index in [1.165, 1.54) is 25.3 Å². The van der Waals surface area contributed by atoms with Gasteiger partial charge >= 0.3 is 5.97 Å². The molecule has 0 bridgehead atoms. The molecule has 0 aliphatic carbocycles. The summed E-state index contributed by atoms with van der Waals surface area (Å²) in [5, 5.41) is 2.62. The van der Waals surface area contributed by atoms with E-state index < -0.39 is 34.3 Å². The summed E-state index contributed by atoms with van der Waals surface area (Å²) < 4.78 is 51.0. The Hall–Kier alpha value is -3.92. The molecule has 0 radical (unpaired) electrons. The highest BCUT2D eigenvalue weighted by atomic mass is 32.2. The third-order valence-corrected chi connectivity index (χ3v) is 6.19. The van der Waals surface area contributed by atoms with Crippen molar-refractivity contribution in [2.24, 2.45) is 0 Å². The number of amides is 1. The number of hydrogen-bond donors (Lipinski definition) is 2. The van der Waals surface area contributed by atoms with Crippen LogP contribution in [0.1, 0.15) is 21.5 Å². The maximum Gasteiger partial charge on any atom is 0.338 e. The van der Waals surface area contributed by atoms with Gasteiger partial charge in [0.15, 0.2) is 6.61 Å². The first-order chi connectivity index (χ1) is 16.1. The van der Waals surface area contributed by atoms with Crippen molar-refractivity contribution in [3.8, 4) is 5.75 Å². The van der Waals surface area contributed by atoms with Gasteiger partial charge in [-0.15, -0.1) is 0 Å². The zero-order valence-electron chi connectivity index (χ0n) is 18.7. The second-order valence-electron chi connectivity index (χ2n) is 7.42. The van der Waals surface area contributed by atoms with Crippen LogP contribution in [0, 0.1) is 19.7 Å². The zero-order chi connectivity index (χ0) is 24.9. The summed E-state index contributed by atoms with van der Waals surface area (Å²) in [5.41, 5.74) is 2.09. The Labute approximate surface area is 196 Å². The van der Waals surface area contributed by atoms with E-state index >= 15 is 0 Å². The summed E-state index contributed by atoms with van der Waals surface area (Å²) in [6.45, 7) is 2.95. The Morgan fingerprint density at radius 2 is 1.65 bits per heavy atom. The lowest BCUT2D eigenvalue weighted by Gasteiger charge is -2.13. The van der Waals surface area contributed by atoms with Gasteiger partial charge in [0.2, 0.25) is 0 Å². The molecule has 0 saturated carbocycles. The van der Waals surface area contributed by atoms with E-state index in [1.54, 1.807) is 19.1 Å². The number of methoxy groups -OCH3 is 1. The van der Waals surface area contributed by atoms with Gasteiger partial charge < -0.3 is 14.8 Å². The van der Waals surface area contributed by atoms with Gasteiger partial charge in [-0.1, -0.05) is 12.1 Å². The van der Waals surface area contributed by atoms with Gasteiger partial charge in [0.1, 0.15) is 11.6 Å². The molecule has 3 aromatic carbocycles. The van der Waals surface area contributed by atoms with Crippen LogP contribution < -0.4 is 14.8 Å². The number of carbonyl (C=O) groups excluding carboxylic acids is 2. The predicted molar refractivity (Wildman–Crippen MR) is 125 cm³/mol. The molecule has 10 heteroatoms. The fourth-order valence-corrected chi connectivity index (χ4v) is 4.12. The van der Waals surface area contributed by atoms with Gasteiger partial charge in [0, 0.05) is 0 Å². The molecule has 0 fully saturated rings. The Morgan fingerprint density at radius 3 is 2.32 bits per heavy atom. The van der Waals surface area contributed by atoms with Crippen LogP contribution >= 0.6 is 0 Å². The van der Waals surface area contributed by atoms with Crippen molar-refractivity contribution < 1.29 is 31.9 Å². The highest BCUT2D eigenvalue weighted by Crippen LogP contribution is 2.25. The molecule has 0 unspecified atom stereocenters. The maximum absolute atomic E-state index is 13.1. The largest absolute Gasteiger partial charge is 0.495 e. The van der Waals surface area contributed by atoms with Crippen LogP contribution in [0.25, 0.3) is 0 Å². The van der Waals surface area contributed by atoms with E-state index in [4.69, 9.17) is 9.47 Å². The monoisotopic (exact) mass is 486 g/mol. The molecule has 34 heavy (non-hydrogen) atoms. The number of anilines is 2. The summed E-state index contributed by atoms with van der Waals surface area (Å²) in [6, 6.07) is 13.9. The third-order valence-electron chi connectivity index (χ3n) is 4.80. The van der Waals surface area contributed by atoms with Crippen LogP contribution in [-0.4, -0.2) is 34.0 Å². The van der Waals surface area contributed by atoms with Crippen LogP contribution in [0.15, 0.2) is 65.6 Å². The first-order valence-corrected chi connectivity index (χ1v) is 11.6. The minimum atomic E-state index is -4.01. The summed E-state index contributed by atoms with van der Waals surface area (Å²) in [5.74, 6) is -1.48. The summed E-state index contributed by atoms with van der Waals surface area (Å²) in [6.07, 6.45) is 0. The number of aryl methyl sites for hydroxylation is 2. The van der Waals surface area contributed by atoms with Gasteiger partial charge in [0.05, 0.1) is 28.9 Å². The predicted octanol–water partition coefficient (Wildman–Crippen LogP) is 4.05. The summed E-state index contributed by atoms with van der Waals surface area (Å²) in [4.78, 5) is 24.6. The van der Waals surface area contributed by atoms with Crippen LogP contribution in [0.3, 0.4) is 0 Å². The van der Waals surface area contributed by atoms with Gasteiger partial charge in [-0.25, -0.2) is 17.6 Å². The second-order valence-corrected chi connectivity index (χ2v) is 9.10. The molecular formula is C24H23FN2O6S. The number of halogens is 1. The molecule has 1 amide bonds. The third kappa shape index (κ3) is 6.10. The quantitative estimate of drug-likeness (QED) is 0.465. The van der Waals surface area contributed by atoms with Crippen molar-refractivity contribution in [2.45, 2.75) is 18.7 Å². The Kier molecular flexibility index (Phi) is 7.52. The lowest BCUT2D eigenvalue weighted by atomic mass is 10.1. The standard InChI is InChI=1S/C24H23FN2O6S/c1-15-4-11-22(32-3)21(12-15)26-23(28)14-33-24(29)17-6-5-16(2)20(13-17)27-34(30,31)19-9-7-18(25)8-10-19/h4-13,27H,14H2,1-3H3,(H,26,28). The molecule has 8 nitrogen and oxygen atoms in total. The average Bonchev–Trinajstić information content (AvgIpc) is 2.79. The number of hydrogen-bond acceptors (Lipinski definition) is 6. The molecule has 3 rings (SSSR count). The SMILES string of the molecule is COc1ccc(C)cc1NC(=O)COC(=O)c1ccc(C)c(NS(=O)(=O)c2ccc(F)cc2)c1. The normalized spacial score (nSPS) is 10.9. The van der Waals surface area contributed by atoms with Crippen LogP contribution in [-0.2, 0) is 19.6 Å². The molecule has 3 aromatic rings. The fourth-order valence-electron chi connectivity index (χ4n) is 3.00. The molecular weight excluding hydrogens is 463 g/mol. The van der Waals surface area contributed by atoms with Crippen LogP contribution in [0.4, 0.5) is 15.8 Å². The smallest absolute Gasteiger partial charge is 0.338 e. The lowest BCUT2D eigenvalue weighted by Crippen LogP contribution is -2.21. The van der Waals surface area contributed by atoms with Gasteiger partial charge in [-0.05, 0) is 73.5 Å². The van der Waals surface area contributed by atoms with Crippen LogP contribution in [0.2, 0.25) is 0 Å². The van der Waals surface area contributed by atoms with Crippen molar-refractivity contribution in [3.63, 3.8) is 0 Å². The maximum atomic E-state index is 13.1. The molecule has 2 N–H and O–H groups in total. The number of carbonyl (C=O) groups is 2. The fraction of sp³-hybridized carbons (Fsp3) is 0.167. The Morgan fingerprint density at radius 1 is 0.941 bits per heavy atom. The highest BCUT2D eigenvalue weighted by molar-refractivity contribution is 7.92. The molecule has 178 valence electrons. The number of nitrogens with one attached hydrogen (secondary N) is 2. The second kappa shape index (κ2) is 10.3. The first-order valence-electron chi connectivity index (χ1n) is 10.1. The van der Waals surface area contributed by atoms with E-state index in [-0.39, 0.29) is 16.1 Å². The summed E-state index contributed by atoms with van der Waals surface area (Å²) in [7, 11) is -2.54. The van der Waals surface area contributed by atoms with E-state index in [1.807, 2.05) is 13.0 Å². The van der Waals surface area contributed by atoms with Crippen molar-refractivity contribution in [2.75, 3.05) is 23.8 Å². The number of ether oxygens (including phenoxy) is 2. The van der Waals surface area contributed by atoms with Crippen molar-refractivity contribution in [3.05, 3.63) is 83.2 Å². The van der Waals surface area contributed by atoms with Crippen molar-refractivity contribution >= 4 is 33.3 Å². The van der Waals surface area contributed by atoms with Crippen molar-refractivity contribution in [1.82, 2.24) is 0 Å². The van der Waals surface area contributed by atoms with E-state index in [0.29, 0.717) is 17.0 Å². The van der Waals surface area contributed by atoms with Gasteiger partial charge in [-0.3, -0.25) is 9.52 Å². The molecule has 0 heterocycles. The van der Waals surface area contributed by atoms with E-state index in [9.17, 15) is 22.4 Å². The molecule has 0 aliphatic rings. The molecule has 0 aliphatic heterocycles. The molecule has 0 saturated heterocycles. The Balaban J connectivity index is 1.68. The van der Waals surface area contributed by atoms with Gasteiger partial charge in [-0.2, -0.15) is 0 Å². The number of benzene rings is 3. The lowest BCUT2D eigenvalue weighted by molar-refractivity contribution is -0.119. The molecule has 0 spiro atoms. The minimum absolute atomic E-state index is 0.0448. The number of rotatable bonds is 8. The number of esters is 1. The van der Waals surface area contributed by atoms with Gasteiger partial charge in [0.25, 0.3) is 15.9 Å². The number of sulfonamides is 1. The van der Waals surface area contributed by atoms with Crippen molar-refractivity contribution in [1.29, 1.82) is 0 Å². The Bertz CT molecular complexity index is 1320. The average molecular weight is 487 g/mol. The van der Waals surface area contributed by atoms with E-state index in [0.717, 1.165) is 29.8 Å². The summed E-state index contributed by atoms with van der Waals surface area (Å²) >= 11 is 0. The molecule has 0 aromatic heterocycles. The molecule has 0 atom stereocenters. The zero-order valence-corrected chi connectivity index (χ0v) is 19.5. The minimum Gasteiger partial charge on any atom is -0.495 e. The van der Waals surface area contributed by atoms with E-state index in [2.05, 4.69) is 10.0 Å². The first kappa shape index (κ1) is 24.7. The topological polar surface area (TPSA) is 111 Å². The highest BCUT2D eigenvalue weighted by Gasteiger charge is 2.18.